The molecule has 0 aromatic heterocycles. The molecule has 0 saturated carbocycles. The molecule has 0 amide bonds. The number of esters is 1. The van der Waals surface area contributed by atoms with Gasteiger partial charge in [-0.05, 0) is 27.7 Å². The summed E-state index contributed by atoms with van der Waals surface area (Å²) < 4.78 is 4.11. The van der Waals surface area contributed by atoms with Crippen molar-refractivity contribution in [2.24, 2.45) is 0 Å². The lowest BCUT2D eigenvalue weighted by Crippen LogP contribution is -1.88. The first-order valence-electron chi connectivity index (χ1n) is 3.77. The van der Waals surface area contributed by atoms with Crippen LogP contribution in [-0.4, -0.2) is 24.6 Å². The van der Waals surface area contributed by atoms with Gasteiger partial charge >= 0.3 is 5.97 Å². The molecule has 1 N–H and O–H groups in total. The molecule has 0 aliphatic rings. The van der Waals surface area contributed by atoms with Crippen LogP contribution in [0.3, 0.4) is 0 Å². The van der Waals surface area contributed by atoms with Gasteiger partial charge in [-0.25, -0.2) is 0 Å². The van der Waals surface area contributed by atoms with Crippen LogP contribution in [0, 0.1) is 5.41 Å². The Morgan fingerprint density at radius 1 is 1.00 bits per heavy atom. The molecular weight excluding hydrogens is 170 g/mol. The molecule has 0 aliphatic heterocycles. The van der Waals surface area contributed by atoms with Crippen LogP contribution in [0.25, 0.3) is 0 Å². The number of carbonyl (C=O) groups excluding carboxylic acids is 2. The lowest BCUT2D eigenvalue weighted by molar-refractivity contribution is -0.137. The fourth-order valence-corrected chi connectivity index (χ4v) is 0. The highest BCUT2D eigenvalue weighted by atomic mass is 16.5. The summed E-state index contributed by atoms with van der Waals surface area (Å²) in [4.78, 5) is 19.0. The Labute approximate surface area is 79.8 Å². The molecule has 78 valence electrons. The lowest BCUT2D eigenvalue weighted by atomic mass is 10.5. The summed E-state index contributed by atoms with van der Waals surface area (Å²) in [5.41, 5.74) is 0.667. The number of hydrogen-bond acceptors (Lipinski definition) is 4. The summed E-state index contributed by atoms with van der Waals surface area (Å²) >= 11 is 0. The fraction of sp³-hybridized carbons (Fsp3) is 0.667. The highest BCUT2D eigenvalue weighted by molar-refractivity contribution is 5.75. The summed E-state index contributed by atoms with van der Waals surface area (Å²) in [6, 6.07) is 0. The average molecular weight is 189 g/mol. The van der Waals surface area contributed by atoms with Crippen molar-refractivity contribution in [1.82, 2.24) is 0 Å². The van der Waals surface area contributed by atoms with Gasteiger partial charge in [0.2, 0.25) is 0 Å². The first-order chi connectivity index (χ1) is 5.73. The van der Waals surface area contributed by atoms with E-state index >= 15 is 0 Å². The van der Waals surface area contributed by atoms with Crippen molar-refractivity contribution in [3.05, 3.63) is 0 Å². The van der Waals surface area contributed by atoms with Crippen molar-refractivity contribution in [3.63, 3.8) is 0 Å². The molecule has 0 radical (unpaired) electrons. The molecule has 0 unspecified atom stereocenters. The number of Topliss-reactive ketones (excluding diaryl/α,β-unsaturated/α-hetero) is 1. The van der Waals surface area contributed by atoms with Gasteiger partial charge in [0.05, 0.1) is 7.11 Å². The van der Waals surface area contributed by atoms with Gasteiger partial charge in [-0.1, -0.05) is 0 Å². The van der Waals surface area contributed by atoms with Crippen LogP contribution in [0.15, 0.2) is 0 Å². The minimum atomic E-state index is -0.245. The van der Waals surface area contributed by atoms with E-state index in [4.69, 9.17) is 5.41 Å². The first kappa shape index (κ1) is 17.8. The zero-order valence-electron chi connectivity index (χ0n) is 9.22. The van der Waals surface area contributed by atoms with E-state index in [2.05, 4.69) is 4.74 Å². The van der Waals surface area contributed by atoms with Crippen LogP contribution in [0.1, 0.15) is 34.6 Å². The summed E-state index contributed by atoms with van der Waals surface area (Å²) in [7, 11) is 1.35. The number of ketones is 1. The van der Waals surface area contributed by atoms with E-state index in [1.165, 1.54) is 27.9 Å². The van der Waals surface area contributed by atoms with E-state index in [0.717, 1.165) is 0 Å². The molecule has 0 aromatic rings. The maximum Gasteiger partial charge on any atom is 0.302 e. The monoisotopic (exact) mass is 189 g/mol. The SMILES string of the molecule is CC(C)=N.CC(C)=O.COC(C)=O. The zero-order chi connectivity index (χ0) is 11.4. The predicted molar refractivity (Wildman–Crippen MR) is 53.1 cm³/mol. The second kappa shape index (κ2) is 13.4. The van der Waals surface area contributed by atoms with Gasteiger partial charge in [0.15, 0.2) is 0 Å². The van der Waals surface area contributed by atoms with Gasteiger partial charge in [0, 0.05) is 12.6 Å². The van der Waals surface area contributed by atoms with Gasteiger partial charge in [-0.3, -0.25) is 4.79 Å². The Balaban J connectivity index is -0.000000117. The minimum absolute atomic E-state index is 0.167. The molecule has 13 heavy (non-hydrogen) atoms. The van der Waals surface area contributed by atoms with Crippen molar-refractivity contribution in [3.8, 4) is 0 Å². The molecule has 4 nitrogen and oxygen atoms in total. The van der Waals surface area contributed by atoms with E-state index in [1.807, 2.05) is 0 Å². The lowest BCUT2D eigenvalue weighted by Gasteiger charge is -1.80. The maximum absolute atomic E-state index is 9.59. The Kier molecular flexibility index (Phi) is 18.3. The molecule has 0 aliphatic carbocycles. The van der Waals surface area contributed by atoms with Gasteiger partial charge in [0.1, 0.15) is 5.78 Å². The smallest absolute Gasteiger partial charge is 0.302 e. The number of carbonyl (C=O) groups is 2. The average Bonchev–Trinajstić information content (AvgIpc) is 1.84. The van der Waals surface area contributed by atoms with E-state index in [-0.39, 0.29) is 11.8 Å². The van der Waals surface area contributed by atoms with Crippen LogP contribution >= 0.6 is 0 Å². The largest absolute Gasteiger partial charge is 0.469 e. The number of nitrogens with one attached hydrogen (secondary N) is 1. The van der Waals surface area contributed by atoms with Crippen LogP contribution in [0.4, 0.5) is 0 Å². The normalized spacial score (nSPS) is 6.62. The predicted octanol–water partition coefficient (Wildman–Crippen LogP) is 1.82. The molecule has 0 fully saturated rings. The van der Waals surface area contributed by atoms with E-state index < -0.39 is 0 Å². The van der Waals surface area contributed by atoms with E-state index in [1.54, 1.807) is 13.8 Å². The third kappa shape index (κ3) is 1280. The second-order valence-electron chi connectivity index (χ2n) is 2.60. The van der Waals surface area contributed by atoms with Crippen LogP contribution in [0.5, 0.6) is 0 Å². The molecule has 0 spiro atoms. The molecule has 0 aromatic carbocycles. The van der Waals surface area contributed by atoms with Crippen molar-refractivity contribution in [2.75, 3.05) is 7.11 Å². The molecule has 4 heteroatoms. The Morgan fingerprint density at radius 3 is 1.08 bits per heavy atom. The Bertz CT molecular complexity index is 144. The molecular formula is C9H19NO3. The van der Waals surface area contributed by atoms with Crippen LogP contribution < -0.4 is 0 Å². The van der Waals surface area contributed by atoms with Crippen LogP contribution in [-0.2, 0) is 14.3 Å². The number of methoxy groups -OCH3 is 1. The highest BCUT2D eigenvalue weighted by Gasteiger charge is 1.75. The quantitative estimate of drug-likeness (QED) is 0.467. The number of rotatable bonds is 0. The summed E-state index contributed by atoms with van der Waals surface area (Å²) in [6.45, 7) is 7.92. The van der Waals surface area contributed by atoms with Crippen molar-refractivity contribution >= 4 is 17.5 Å². The molecule has 0 atom stereocenters. The number of ether oxygens (including phenoxy) is 1. The second-order valence-corrected chi connectivity index (χ2v) is 2.60. The van der Waals surface area contributed by atoms with E-state index in [9.17, 15) is 9.59 Å². The van der Waals surface area contributed by atoms with Gasteiger partial charge in [-0.2, -0.15) is 0 Å². The Hall–Kier alpha value is -1.19. The summed E-state index contributed by atoms with van der Waals surface area (Å²) in [5.74, 6) is -0.0787. The van der Waals surface area contributed by atoms with Crippen LogP contribution in [0.2, 0.25) is 0 Å². The molecule has 0 saturated heterocycles. The minimum Gasteiger partial charge on any atom is -0.469 e. The summed E-state index contributed by atoms with van der Waals surface area (Å²) in [6.07, 6.45) is 0. The topological polar surface area (TPSA) is 67.2 Å². The Morgan fingerprint density at radius 2 is 1.08 bits per heavy atom. The van der Waals surface area contributed by atoms with E-state index in [0.29, 0.717) is 5.71 Å². The molecule has 0 bridgehead atoms. The third-order valence-electron chi connectivity index (χ3n) is 0.287. The molecule has 0 rings (SSSR count). The van der Waals surface area contributed by atoms with Crippen molar-refractivity contribution in [1.29, 1.82) is 5.41 Å². The first-order valence-corrected chi connectivity index (χ1v) is 3.77. The molecule has 0 heterocycles. The third-order valence-corrected chi connectivity index (χ3v) is 0.287. The maximum atomic E-state index is 9.59. The fourth-order valence-electron chi connectivity index (χ4n) is 0. The standard InChI is InChI=1S/C3H7N.C3H6O2.C3H6O/c1-3(2)4;1-3(4)5-2;1-3(2)4/h4H,1-2H3;1-2H3;1-2H3. The van der Waals surface area contributed by atoms with Gasteiger partial charge < -0.3 is 14.9 Å². The van der Waals surface area contributed by atoms with Gasteiger partial charge in [0.25, 0.3) is 0 Å². The van der Waals surface area contributed by atoms with Crippen molar-refractivity contribution in [2.45, 2.75) is 34.6 Å². The van der Waals surface area contributed by atoms with Crippen molar-refractivity contribution < 1.29 is 14.3 Å². The summed E-state index contributed by atoms with van der Waals surface area (Å²) in [5, 5.41) is 6.50. The number of hydrogen-bond donors (Lipinski definition) is 1. The highest BCUT2D eigenvalue weighted by Crippen LogP contribution is 1.60. The van der Waals surface area contributed by atoms with Gasteiger partial charge in [-0.15, -0.1) is 0 Å². The zero-order valence-corrected chi connectivity index (χ0v) is 9.22.